The molecule has 0 amide bonds. The van der Waals surface area contributed by atoms with Gasteiger partial charge in [-0.3, -0.25) is 14.4 Å². The summed E-state index contributed by atoms with van der Waals surface area (Å²) in [7, 11) is 3.78. The van der Waals surface area contributed by atoms with Crippen molar-refractivity contribution in [3.63, 3.8) is 0 Å². The number of nitrogens with zero attached hydrogens (tertiary/aromatic N) is 1. The standard InChI is InChI=1S/C49H95NO10/c1-7-11-15-19-23-27-37-54-48(55-38-28-24-20-16-12-8-2)33-31-45(51)58-41-44(43-60-47(53)35-36-50(5)6)42-59-46(52)32-34-49(56-39-29-25-21-17-13-9-3)57-40-30-26-22-18-14-10-4/h44,48-49H,7-43H2,1-6H3. The van der Waals surface area contributed by atoms with Gasteiger partial charge in [-0.2, -0.15) is 0 Å². The smallest absolute Gasteiger partial charge is 0.307 e. The summed E-state index contributed by atoms with van der Waals surface area (Å²) in [5.74, 6) is -1.65. The summed E-state index contributed by atoms with van der Waals surface area (Å²) in [5, 5.41) is 0. The zero-order valence-electron chi connectivity index (χ0n) is 39.9. The van der Waals surface area contributed by atoms with Crippen molar-refractivity contribution in [1.82, 2.24) is 4.90 Å². The molecule has 0 aliphatic heterocycles. The van der Waals surface area contributed by atoms with Gasteiger partial charge in [0.1, 0.15) is 19.8 Å². The van der Waals surface area contributed by atoms with Crippen molar-refractivity contribution in [1.29, 1.82) is 0 Å². The Morgan fingerprint density at radius 3 is 0.933 bits per heavy atom. The summed E-state index contributed by atoms with van der Waals surface area (Å²) in [5.41, 5.74) is 0. The van der Waals surface area contributed by atoms with Crippen molar-refractivity contribution in [2.75, 3.05) is 66.9 Å². The van der Waals surface area contributed by atoms with Gasteiger partial charge in [-0.05, 0) is 39.8 Å². The van der Waals surface area contributed by atoms with Gasteiger partial charge >= 0.3 is 17.9 Å². The number of hydrogen-bond acceptors (Lipinski definition) is 11. The number of unbranched alkanes of at least 4 members (excludes halogenated alkanes) is 20. The van der Waals surface area contributed by atoms with Gasteiger partial charge in [-0.25, -0.2) is 0 Å². The molecule has 0 radical (unpaired) electrons. The summed E-state index contributed by atoms with van der Waals surface area (Å²) >= 11 is 0. The molecule has 0 saturated heterocycles. The van der Waals surface area contributed by atoms with E-state index in [1.165, 1.54) is 103 Å². The highest BCUT2D eigenvalue weighted by molar-refractivity contribution is 5.70. The molecular formula is C49H95NO10. The molecule has 0 heterocycles. The van der Waals surface area contributed by atoms with E-state index in [0.717, 1.165) is 51.4 Å². The lowest BCUT2D eigenvalue weighted by molar-refractivity contribution is -0.164. The van der Waals surface area contributed by atoms with E-state index in [1.807, 2.05) is 19.0 Å². The molecule has 0 unspecified atom stereocenters. The van der Waals surface area contributed by atoms with E-state index in [9.17, 15) is 14.4 Å². The highest BCUT2D eigenvalue weighted by atomic mass is 16.7. The number of hydrogen-bond donors (Lipinski definition) is 0. The minimum Gasteiger partial charge on any atom is -0.465 e. The van der Waals surface area contributed by atoms with Gasteiger partial charge in [-0.15, -0.1) is 0 Å². The van der Waals surface area contributed by atoms with E-state index in [2.05, 4.69) is 27.7 Å². The van der Waals surface area contributed by atoms with Crippen molar-refractivity contribution >= 4 is 17.9 Å². The average Bonchev–Trinajstić information content (AvgIpc) is 3.24. The molecule has 0 aromatic rings. The van der Waals surface area contributed by atoms with Gasteiger partial charge in [0.15, 0.2) is 12.6 Å². The van der Waals surface area contributed by atoms with E-state index in [-0.39, 0.29) is 45.1 Å². The van der Waals surface area contributed by atoms with Crippen LogP contribution in [0.25, 0.3) is 0 Å². The van der Waals surface area contributed by atoms with Crippen LogP contribution in [0.1, 0.15) is 214 Å². The third kappa shape index (κ3) is 41.6. The molecule has 0 rings (SSSR count). The Kier molecular flexibility index (Phi) is 43.9. The minimum atomic E-state index is -0.506. The lowest BCUT2D eigenvalue weighted by Gasteiger charge is -2.20. The molecule has 60 heavy (non-hydrogen) atoms. The van der Waals surface area contributed by atoms with E-state index >= 15 is 0 Å². The molecule has 0 N–H and O–H groups in total. The summed E-state index contributed by atoms with van der Waals surface area (Å²) in [6.07, 6.45) is 28.5. The maximum absolute atomic E-state index is 13.0. The van der Waals surface area contributed by atoms with Crippen LogP contribution in [-0.4, -0.2) is 102 Å². The van der Waals surface area contributed by atoms with Gasteiger partial charge in [0.2, 0.25) is 0 Å². The Balaban J connectivity index is 5.16. The number of ether oxygens (including phenoxy) is 7. The number of rotatable bonds is 47. The Bertz CT molecular complexity index is 855. The van der Waals surface area contributed by atoms with Crippen LogP contribution in [0.2, 0.25) is 0 Å². The molecule has 0 aliphatic carbocycles. The molecule has 11 heteroatoms. The summed E-state index contributed by atoms with van der Waals surface area (Å²) in [6.45, 7) is 11.7. The van der Waals surface area contributed by atoms with Gasteiger partial charge in [-0.1, -0.05) is 156 Å². The maximum atomic E-state index is 13.0. The fraction of sp³-hybridized carbons (Fsp3) is 0.939. The SMILES string of the molecule is CCCCCCCCOC(CCC(=O)OCC(COC(=O)CCC(OCCCCCCCC)OCCCCCCCC)COC(=O)CCN(C)C)OCCCCCCCC. The first-order chi connectivity index (χ1) is 29.2. The predicted octanol–water partition coefficient (Wildman–Crippen LogP) is 11.9. The van der Waals surface area contributed by atoms with Crippen LogP contribution >= 0.6 is 0 Å². The lowest BCUT2D eigenvalue weighted by atomic mass is 10.1. The third-order valence-electron chi connectivity index (χ3n) is 10.6. The fourth-order valence-corrected chi connectivity index (χ4v) is 6.60. The van der Waals surface area contributed by atoms with Crippen molar-refractivity contribution in [3.8, 4) is 0 Å². The van der Waals surface area contributed by atoms with E-state index in [4.69, 9.17) is 33.2 Å². The Morgan fingerprint density at radius 2 is 0.650 bits per heavy atom. The monoisotopic (exact) mass is 858 g/mol. The molecule has 0 aromatic heterocycles. The van der Waals surface area contributed by atoms with Gasteiger partial charge < -0.3 is 38.1 Å². The van der Waals surface area contributed by atoms with Crippen LogP contribution in [0.4, 0.5) is 0 Å². The van der Waals surface area contributed by atoms with Crippen LogP contribution < -0.4 is 0 Å². The van der Waals surface area contributed by atoms with Crippen molar-refractivity contribution in [2.45, 2.75) is 226 Å². The predicted molar refractivity (Wildman–Crippen MR) is 243 cm³/mol. The number of carbonyl (C=O) groups excluding carboxylic acids is 3. The largest absolute Gasteiger partial charge is 0.465 e. The molecule has 0 aromatic carbocycles. The average molecular weight is 858 g/mol. The van der Waals surface area contributed by atoms with E-state index in [0.29, 0.717) is 45.8 Å². The molecule has 0 saturated carbocycles. The topological polar surface area (TPSA) is 119 Å². The fourth-order valence-electron chi connectivity index (χ4n) is 6.60. The lowest BCUT2D eigenvalue weighted by Crippen LogP contribution is -2.28. The second-order valence-electron chi connectivity index (χ2n) is 17.0. The second kappa shape index (κ2) is 45.2. The highest BCUT2D eigenvalue weighted by Crippen LogP contribution is 2.15. The molecule has 11 nitrogen and oxygen atoms in total. The maximum Gasteiger partial charge on any atom is 0.307 e. The van der Waals surface area contributed by atoms with Gasteiger partial charge in [0.05, 0.1) is 25.2 Å². The summed E-state index contributed by atoms with van der Waals surface area (Å²) < 4.78 is 41.3. The van der Waals surface area contributed by atoms with Crippen molar-refractivity contribution in [2.24, 2.45) is 5.92 Å². The Morgan fingerprint density at radius 1 is 0.383 bits per heavy atom. The zero-order chi connectivity index (χ0) is 44.2. The molecule has 0 aliphatic rings. The summed E-state index contributed by atoms with van der Waals surface area (Å²) in [6, 6.07) is 0. The quantitative estimate of drug-likeness (QED) is 0.0252. The van der Waals surface area contributed by atoms with Crippen molar-refractivity contribution < 1.29 is 47.5 Å². The first kappa shape index (κ1) is 58.2. The first-order valence-electron chi connectivity index (χ1n) is 24.8. The number of esters is 3. The van der Waals surface area contributed by atoms with Gasteiger partial charge in [0, 0.05) is 45.8 Å². The Labute approximate surface area is 368 Å². The molecular weight excluding hydrogens is 763 g/mol. The second-order valence-corrected chi connectivity index (χ2v) is 17.0. The normalized spacial score (nSPS) is 11.7. The first-order valence-corrected chi connectivity index (χ1v) is 24.8. The van der Waals surface area contributed by atoms with E-state index < -0.39 is 30.4 Å². The highest BCUT2D eigenvalue weighted by Gasteiger charge is 2.20. The molecule has 0 bridgehead atoms. The molecule has 0 atom stereocenters. The molecule has 0 fully saturated rings. The van der Waals surface area contributed by atoms with Crippen LogP contribution in [0, 0.1) is 5.92 Å². The van der Waals surface area contributed by atoms with Crippen LogP contribution in [0.3, 0.4) is 0 Å². The van der Waals surface area contributed by atoms with Crippen LogP contribution in [-0.2, 0) is 47.5 Å². The third-order valence-corrected chi connectivity index (χ3v) is 10.6. The van der Waals surface area contributed by atoms with Crippen LogP contribution in [0.5, 0.6) is 0 Å². The van der Waals surface area contributed by atoms with Crippen LogP contribution in [0.15, 0.2) is 0 Å². The number of carbonyl (C=O) groups is 3. The van der Waals surface area contributed by atoms with Crippen molar-refractivity contribution in [3.05, 3.63) is 0 Å². The Hall–Kier alpha value is -1.79. The van der Waals surface area contributed by atoms with Gasteiger partial charge in [0.25, 0.3) is 0 Å². The summed E-state index contributed by atoms with van der Waals surface area (Å²) in [4.78, 5) is 40.4. The van der Waals surface area contributed by atoms with E-state index in [1.54, 1.807) is 0 Å². The molecule has 356 valence electrons. The minimum absolute atomic E-state index is 0.0243. The molecule has 0 spiro atoms. The zero-order valence-corrected chi connectivity index (χ0v) is 39.9.